The predicted molar refractivity (Wildman–Crippen MR) is 156 cm³/mol. The Kier molecular flexibility index (Phi) is 8.38. The first-order valence-corrected chi connectivity index (χ1v) is 13.5. The highest BCUT2D eigenvalue weighted by atomic mass is 16.2. The molecule has 204 valence electrons. The maximum Gasteiger partial charge on any atom is 0.319 e. The molecule has 0 saturated carbocycles. The lowest BCUT2D eigenvalue weighted by atomic mass is 9.85. The Hall–Kier alpha value is -4.13. The third kappa shape index (κ3) is 6.85. The molecule has 2 atom stereocenters. The molecular formula is C32H38N4O3. The van der Waals surface area contributed by atoms with Crippen molar-refractivity contribution in [1.82, 2.24) is 10.6 Å². The summed E-state index contributed by atoms with van der Waals surface area (Å²) in [7, 11) is 0. The largest absolute Gasteiger partial charge is 0.350 e. The molecule has 3 N–H and O–H groups in total. The van der Waals surface area contributed by atoms with Gasteiger partial charge in [-0.2, -0.15) is 0 Å². The molecular weight excluding hydrogens is 488 g/mol. The molecule has 4 rings (SSSR count). The van der Waals surface area contributed by atoms with Crippen LogP contribution in [0.5, 0.6) is 0 Å². The fourth-order valence-electron chi connectivity index (χ4n) is 5.17. The number of urea groups is 1. The van der Waals surface area contributed by atoms with Gasteiger partial charge in [0.15, 0.2) is 0 Å². The number of hydrogen-bond acceptors (Lipinski definition) is 3. The number of nitrogens with zero attached hydrogens (tertiary/aromatic N) is 1. The number of anilines is 2. The number of nitrogens with one attached hydrogen (secondary N) is 3. The van der Waals surface area contributed by atoms with Crippen molar-refractivity contribution in [2.45, 2.75) is 65.0 Å². The van der Waals surface area contributed by atoms with Gasteiger partial charge in [0.2, 0.25) is 11.8 Å². The van der Waals surface area contributed by atoms with Crippen molar-refractivity contribution in [1.29, 1.82) is 0 Å². The summed E-state index contributed by atoms with van der Waals surface area (Å²) in [5.74, 6) is -0.734. The SMILES string of the molecule is CCc1cccc(NC(=O)NC2CC(c3ccccc3)c3cccc(C)c3N(CC(=O)NC(C)(C)C)C2=O)c1. The van der Waals surface area contributed by atoms with Crippen molar-refractivity contribution in [2.75, 3.05) is 16.8 Å². The lowest BCUT2D eigenvalue weighted by Crippen LogP contribution is -2.53. The summed E-state index contributed by atoms with van der Waals surface area (Å²) in [6, 6.07) is 22.2. The number of amides is 4. The fourth-order valence-corrected chi connectivity index (χ4v) is 5.17. The van der Waals surface area contributed by atoms with Crippen LogP contribution in [0.1, 0.15) is 62.3 Å². The van der Waals surface area contributed by atoms with Gasteiger partial charge >= 0.3 is 6.03 Å². The van der Waals surface area contributed by atoms with Crippen molar-refractivity contribution in [2.24, 2.45) is 0 Å². The maximum absolute atomic E-state index is 14.1. The minimum Gasteiger partial charge on any atom is -0.350 e. The molecule has 1 aliphatic heterocycles. The Labute approximate surface area is 231 Å². The van der Waals surface area contributed by atoms with E-state index in [1.807, 2.05) is 100 Å². The molecule has 2 unspecified atom stereocenters. The standard InChI is InChI=1S/C32H38N4O3/c1-6-22-13-11-16-24(18-22)33-31(39)34-27-19-26(23-14-8-7-9-15-23)25-17-10-12-21(2)29(25)36(30(27)38)20-28(37)35-32(3,4)5/h7-18,26-27H,6,19-20H2,1-5H3,(H,35,37)(H2,33,34,39). The molecule has 0 saturated heterocycles. The van der Waals surface area contributed by atoms with Gasteiger partial charge in [-0.15, -0.1) is 0 Å². The predicted octanol–water partition coefficient (Wildman–Crippen LogP) is 5.53. The van der Waals surface area contributed by atoms with Crippen LogP contribution in [0.4, 0.5) is 16.2 Å². The van der Waals surface area contributed by atoms with Gasteiger partial charge in [0.05, 0.1) is 5.69 Å². The quantitative estimate of drug-likeness (QED) is 0.394. The van der Waals surface area contributed by atoms with E-state index in [1.54, 1.807) is 0 Å². The Morgan fingerprint density at radius 3 is 2.38 bits per heavy atom. The molecule has 0 radical (unpaired) electrons. The first-order chi connectivity index (χ1) is 18.6. The van der Waals surface area contributed by atoms with Gasteiger partial charge in [-0.25, -0.2) is 4.79 Å². The summed E-state index contributed by atoms with van der Waals surface area (Å²) in [6.45, 7) is 9.57. The topological polar surface area (TPSA) is 90.5 Å². The van der Waals surface area contributed by atoms with Crippen molar-refractivity contribution in [3.05, 3.63) is 95.1 Å². The average Bonchev–Trinajstić information content (AvgIpc) is 2.99. The average molecular weight is 527 g/mol. The monoisotopic (exact) mass is 526 g/mol. The number of rotatable bonds is 6. The van der Waals surface area contributed by atoms with E-state index in [0.717, 1.165) is 34.4 Å². The Morgan fingerprint density at radius 1 is 0.974 bits per heavy atom. The van der Waals surface area contributed by atoms with Crippen LogP contribution in [0.25, 0.3) is 0 Å². The Morgan fingerprint density at radius 2 is 1.69 bits per heavy atom. The first-order valence-electron chi connectivity index (χ1n) is 13.5. The zero-order valence-corrected chi connectivity index (χ0v) is 23.4. The number of benzene rings is 3. The summed E-state index contributed by atoms with van der Waals surface area (Å²) in [6.07, 6.45) is 1.21. The highest BCUT2D eigenvalue weighted by Crippen LogP contribution is 2.40. The van der Waals surface area contributed by atoms with E-state index in [2.05, 4.69) is 22.9 Å². The number of aryl methyl sites for hydroxylation is 2. The molecule has 1 heterocycles. The Bertz CT molecular complexity index is 1350. The van der Waals surface area contributed by atoms with E-state index in [4.69, 9.17) is 0 Å². The smallest absolute Gasteiger partial charge is 0.319 e. The van der Waals surface area contributed by atoms with Crippen LogP contribution in [0.15, 0.2) is 72.8 Å². The molecule has 39 heavy (non-hydrogen) atoms. The van der Waals surface area contributed by atoms with Crippen molar-refractivity contribution in [3.63, 3.8) is 0 Å². The van der Waals surface area contributed by atoms with Crippen molar-refractivity contribution in [3.8, 4) is 0 Å². The van der Waals surface area contributed by atoms with Gasteiger partial charge in [-0.05, 0) is 74.9 Å². The van der Waals surface area contributed by atoms with Gasteiger partial charge in [-0.3, -0.25) is 9.59 Å². The van der Waals surface area contributed by atoms with Crippen molar-refractivity contribution >= 4 is 29.2 Å². The van der Waals surface area contributed by atoms with E-state index < -0.39 is 17.6 Å². The van der Waals surface area contributed by atoms with E-state index in [9.17, 15) is 14.4 Å². The van der Waals surface area contributed by atoms with Crippen LogP contribution in [-0.4, -0.2) is 36.0 Å². The Balaban J connectivity index is 1.72. The van der Waals surface area contributed by atoms with Crippen LogP contribution in [-0.2, 0) is 16.0 Å². The number of carbonyl (C=O) groups is 3. The van der Waals surface area contributed by atoms with E-state index >= 15 is 0 Å². The number of para-hydroxylation sites is 1. The molecule has 3 aromatic carbocycles. The van der Waals surface area contributed by atoms with Crippen molar-refractivity contribution < 1.29 is 14.4 Å². The lowest BCUT2D eigenvalue weighted by Gasteiger charge is -2.29. The normalized spacial score (nSPS) is 17.2. The minimum absolute atomic E-state index is 0.145. The van der Waals surface area contributed by atoms with Crippen LogP contribution in [0.3, 0.4) is 0 Å². The summed E-state index contributed by atoms with van der Waals surface area (Å²) >= 11 is 0. The zero-order chi connectivity index (χ0) is 28.2. The first kappa shape index (κ1) is 27.9. The van der Waals surface area contributed by atoms with Gasteiger partial charge in [0.25, 0.3) is 0 Å². The molecule has 7 heteroatoms. The second kappa shape index (κ2) is 11.7. The van der Waals surface area contributed by atoms with Gasteiger partial charge in [0.1, 0.15) is 12.6 Å². The minimum atomic E-state index is -0.848. The molecule has 0 fully saturated rings. The zero-order valence-electron chi connectivity index (χ0n) is 23.4. The molecule has 0 spiro atoms. The maximum atomic E-state index is 14.1. The van der Waals surface area contributed by atoms with Gasteiger partial charge < -0.3 is 20.9 Å². The second-order valence-electron chi connectivity index (χ2n) is 11.1. The molecule has 7 nitrogen and oxygen atoms in total. The summed E-state index contributed by atoms with van der Waals surface area (Å²) < 4.78 is 0. The van der Waals surface area contributed by atoms with E-state index in [1.165, 1.54) is 4.90 Å². The van der Waals surface area contributed by atoms with Gasteiger partial charge in [-0.1, -0.05) is 67.6 Å². The summed E-state index contributed by atoms with van der Waals surface area (Å²) in [4.78, 5) is 41.9. The third-order valence-corrected chi connectivity index (χ3v) is 6.87. The molecule has 0 aliphatic carbocycles. The van der Waals surface area contributed by atoms with Gasteiger partial charge in [0, 0.05) is 17.1 Å². The fraction of sp³-hybridized carbons (Fsp3) is 0.344. The lowest BCUT2D eigenvalue weighted by molar-refractivity contribution is -0.125. The third-order valence-electron chi connectivity index (χ3n) is 6.87. The summed E-state index contributed by atoms with van der Waals surface area (Å²) in [5.41, 5.74) is 4.93. The van der Waals surface area contributed by atoms with E-state index in [0.29, 0.717) is 12.1 Å². The van der Waals surface area contributed by atoms with Crippen LogP contribution in [0, 0.1) is 6.92 Å². The highest BCUT2D eigenvalue weighted by molar-refractivity contribution is 6.05. The second-order valence-corrected chi connectivity index (χ2v) is 11.1. The molecule has 0 aromatic heterocycles. The molecule has 3 aromatic rings. The molecule has 0 bridgehead atoms. The highest BCUT2D eigenvalue weighted by Gasteiger charge is 2.38. The van der Waals surface area contributed by atoms with E-state index in [-0.39, 0.29) is 24.3 Å². The van der Waals surface area contributed by atoms with Crippen LogP contribution in [0.2, 0.25) is 0 Å². The van der Waals surface area contributed by atoms with Crippen LogP contribution >= 0.6 is 0 Å². The number of carbonyl (C=O) groups excluding carboxylic acids is 3. The number of fused-ring (bicyclic) bond motifs is 1. The van der Waals surface area contributed by atoms with Crippen LogP contribution < -0.4 is 20.9 Å². The summed E-state index contributed by atoms with van der Waals surface area (Å²) in [5, 5.41) is 8.77. The number of hydrogen-bond donors (Lipinski definition) is 3. The molecule has 1 aliphatic rings. The molecule has 4 amide bonds.